The van der Waals surface area contributed by atoms with Crippen LogP contribution in [0.15, 0.2) is 45.5 Å². The molecule has 0 aliphatic heterocycles. The molecule has 0 fully saturated rings. The lowest BCUT2D eigenvalue weighted by atomic mass is 10.2. The quantitative estimate of drug-likeness (QED) is 0.693. The molecule has 0 aliphatic carbocycles. The second-order valence-corrected chi connectivity index (χ2v) is 6.50. The highest BCUT2D eigenvalue weighted by Gasteiger charge is 2.08. The van der Waals surface area contributed by atoms with Gasteiger partial charge in [0.25, 0.3) is 5.56 Å². The predicted molar refractivity (Wildman–Crippen MR) is 85.9 cm³/mol. The molecule has 0 atom stereocenters. The van der Waals surface area contributed by atoms with Crippen molar-refractivity contribution in [2.45, 2.75) is 11.3 Å². The van der Waals surface area contributed by atoms with Crippen LogP contribution >= 0.6 is 23.1 Å². The van der Waals surface area contributed by atoms with Crippen molar-refractivity contribution in [1.82, 2.24) is 19.8 Å². The summed E-state index contributed by atoms with van der Waals surface area (Å²) < 4.78 is 2.13. The van der Waals surface area contributed by atoms with Gasteiger partial charge in [0, 0.05) is 5.75 Å². The SMILES string of the molecule is Cc1nnc2sc(SCC=Cc3ccccc3)nn2c1=O. The summed E-state index contributed by atoms with van der Waals surface area (Å²) in [5, 5.41) is 12.1. The lowest BCUT2D eigenvalue weighted by Crippen LogP contribution is -2.19. The number of nitrogens with zero attached hydrogens (tertiary/aromatic N) is 4. The molecular formula is C14H12N4OS2. The predicted octanol–water partition coefficient (Wildman–Crippen LogP) is 2.66. The molecule has 0 radical (unpaired) electrons. The molecule has 0 spiro atoms. The maximum absolute atomic E-state index is 11.8. The molecule has 3 rings (SSSR count). The summed E-state index contributed by atoms with van der Waals surface area (Å²) in [6, 6.07) is 10.1. The highest BCUT2D eigenvalue weighted by atomic mass is 32.2. The van der Waals surface area contributed by atoms with Gasteiger partial charge in [0.2, 0.25) is 4.96 Å². The summed E-state index contributed by atoms with van der Waals surface area (Å²) in [6.45, 7) is 1.64. The van der Waals surface area contributed by atoms with Crippen LogP contribution in [0.3, 0.4) is 0 Å². The summed E-state index contributed by atoms with van der Waals surface area (Å²) in [5.74, 6) is 0.788. The lowest BCUT2D eigenvalue weighted by Gasteiger charge is -1.91. The normalized spacial score (nSPS) is 11.5. The van der Waals surface area contributed by atoms with Crippen molar-refractivity contribution in [1.29, 1.82) is 0 Å². The van der Waals surface area contributed by atoms with Crippen molar-refractivity contribution >= 4 is 34.1 Å². The van der Waals surface area contributed by atoms with Crippen LogP contribution in [-0.2, 0) is 0 Å². The van der Waals surface area contributed by atoms with Crippen LogP contribution in [0.5, 0.6) is 0 Å². The third kappa shape index (κ3) is 3.20. The summed E-state index contributed by atoms with van der Waals surface area (Å²) >= 11 is 2.95. The van der Waals surface area contributed by atoms with Crippen LogP contribution < -0.4 is 5.56 Å². The Morgan fingerprint density at radius 3 is 2.90 bits per heavy atom. The molecule has 0 amide bonds. The minimum atomic E-state index is -0.206. The molecule has 3 aromatic rings. The van der Waals surface area contributed by atoms with E-state index < -0.39 is 0 Å². The van der Waals surface area contributed by atoms with Gasteiger partial charge in [-0.25, -0.2) is 0 Å². The number of aryl methyl sites for hydroxylation is 1. The van der Waals surface area contributed by atoms with Crippen molar-refractivity contribution in [3.05, 3.63) is 58.0 Å². The zero-order valence-corrected chi connectivity index (χ0v) is 12.9. The van der Waals surface area contributed by atoms with Gasteiger partial charge in [0.15, 0.2) is 4.34 Å². The first-order valence-corrected chi connectivity index (χ1v) is 8.12. The first kappa shape index (κ1) is 14.0. The number of benzene rings is 1. The van der Waals surface area contributed by atoms with E-state index in [9.17, 15) is 4.79 Å². The second-order valence-electron chi connectivity index (χ2n) is 4.28. The van der Waals surface area contributed by atoms with Crippen LogP contribution in [-0.4, -0.2) is 25.6 Å². The number of hydrogen-bond donors (Lipinski definition) is 0. The maximum atomic E-state index is 11.8. The van der Waals surface area contributed by atoms with Crippen LogP contribution in [0.4, 0.5) is 0 Å². The fourth-order valence-electron chi connectivity index (χ4n) is 1.70. The van der Waals surface area contributed by atoms with Crippen LogP contribution in [0, 0.1) is 6.92 Å². The van der Waals surface area contributed by atoms with E-state index in [0.717, 1.165) is 10.1 Å². The smallest absolute Gasteiger partial charge is 0.265 e. The molecule has 2 heterocycles. The van der Waals surface area contributed by atoms with Gasteiger partial charge in [-0.15, -0.1) is 15.3 Å². The van der Waals surface area contributed by atoms with Crippen molar-refractivity contribution in [3.63, 3.8) is 0 Å². The van der Waals surface area contributed by atoms with Gasteiger partial charge in [0.1, 0.15) is 5.69 Å². The van der Waals surface area contributed by atoms with Crippen LogP contribution in [0.2, 0.25) is 0 Å². The van der Waals surface area contributed by atoms with Crippen molar-refractivity contribution in [2.24, 2.45) is 0 Å². The maximum Gasteiger partial charge on any atom is 0.296 e. The van der Waals surface area contributed by atoms with Crippen molar-refractivity contribution in [3.8, 4) is 0 Å². The number of thioether (sulfide) groups is 1. The Morgan fingerprint density at radius 1 is 1.29 bits per heavy atom. The highest BCUT2D eigenvalue weighted by molar-refractivity contribution is 8.01. The van der Waals surface area contributed by atoms with Gasteiger partial charge in [0.05, 0.1) is 0 Å². The van der Waals surface area contributed by atoms with Gasteiger partial charge in [-0.05, 0) is 12.5 Å². The Kier molecular flexibility index (Phi) is 4.12. The molecule has 0 saturated carbocycles. The van der Waals surface area contributed by atoms with E-state index in [1.165, 1.54) is 21.4 Å². The van der Waals surface area contributed by atoms with Gasteiger partial charge >= 0.3 is 0 Å². The number of rotatable bonds is 4. The van der Waals surface area contributed by atoms with Crippen LogP contribution in [0.1, 0.15) is 11.3 Å². The Labute approximate surface area is 129 Å². The summed E-state index contributed by atoms with van der Waals surface area (Å²) in [6.07, 6.45) is 4.14. The molecule has 0 N–H and O–H groups in total. The zero-order valence-electron chi connectivity index (χ0n) is 11.3. The number of hydrogen-bond acceptors (Lipinski definition) is 6. The monoisotopic (exact) mass is 316 g/mol. The van der Waals surface area contributed by atoms with Gasteiger partial charge < -0.3 is 0 Å². The summed E-state index contributed by atoms with van der Waals surface area (Å²) in [7, 11) is 0. The summed E-state index contributed by atoms with van der Waals surface area (Å²) in [4.78, 5) is 12.4. The Balaban J connectivity index is 1.70. The Morgan fingerprint density at radius 2 is 2.10 bits per heavy atom. The first-order valence-electron chi connectivity index (χ1n) is 6.31. The minimum Gasteiger partial charge on any atom is -0.265 e. The summed E-state index contributed by atoms with van der Waals surface area (Å²) in [5.41, 5.74) is 1.32. The van der Waals surface area contributed by atoms with Gasteiger partial charge in [-0.3, -0.25) is 4.79 Å². The van der Waals surface area contributed by atoms with E-state index in [1.807, 2.05) is 18.2 Å². The zero-order chi connectivity index (χ0) is 14.7. The average molecular weight is 316 g/mol. The molecule has 7 heteroatoms. The van der Waals surface area contributed by atoms with E-state index in [2.05, 4.69) is 39.6 Å². The first-order chi connectivity index (χ1) is 10.2. The molecule has 0 bridgehead atoms. The lowest BCUT2D eigenvalue weighted by molar-refractivity contribution is 0.803. The van der Waals surface area contributed by atoms with Gasteiger partial charge in [-0.2, -0.15) is 4.52 Å². The second kappa shape index (κ2) is 6.19. The third-order valence-corrected chi connectivity index (χ3v) is 4.73. The van der Waals surface area contributed by atoms with E-state index in [1.54, 1.807) is 18.7 Å². The third-order valence-electron chi connectivity index (χ3n) is 2.74. The molecule has 2 aromatic heterocycles. The molecule has 106 valence electrons. The fraction of sp³-hybridized carbons (Fsp3) is 0.143. The number of aromatic nitrogens is 4. The van der Waals surface area contributed by atoms with E-state index in [4.69, 9.17) is 0 Å². The van der Waals surface area contributed by atoms with Gasteiger partial charge in [-0.1, -0.05) is 65.6 Å². The molecule has 5 nitrogen and oxygen atoms in total. The molecule has 21 heavy (non-hydrogen) atoms. The molecular weight excluding hydrogens is 304 g/mol. The molecule has 0 unspecified atom stereocenters. The number of fused-ring (bicyclic) bond motifs is 1. The Bertz CT molecular complexity index is 839. The van der Waals surface area contributed by atoms with Crippen molar-refractivity contribution in [2.75, 3.05) is 5.75 Å². The van der Waals surface area contributed by atoms with Crippen molar-refractivity contribution < 1.29 is 0 Å². The minimum absolute atomic E-state index is 0.206. The average Bonchev–Trinajstić information content (AvgIpc) is 2.93. The Hall–Kier alpha value is -1.99. The van der Waals surface area contributed by atoms with E-state index in [0.29, 0.717) is 10.7 Å². The van der Waals surface area contributed by atoms with Crippen LogP contribution in [0.25, 0.3) is 11.0 Å². The molecule has 0 aliphatic rings. The largest absolute Gasteiger partial charge is 0.296 e. The van der Waals surface area contributed by atoms with E-state index >= 15 is 0 Å². The topological polar surface area (TPSA) is 60.1 Å². The standard InChI is InChI=1S/C14H12N4OS2/c1-10-12(19)18-13(16-15-10)21-14(17-18)20-9-5-8-11-6-3-2-4-7-11/h2-8H,9H2,1H3. The fourth-order valence-corrected chi connectivity index (χ4v) is 3.41. The molecule has 0 saturated heterocycles. The van der Waals surface area contributed by atoms with E-state index in [-0.39, 0.29) is 5.56 Å². The molecule has 1 aromatic carbocycles. The highest BCUT2D eigenvalue weighted by Crippen LogP contribution is 2.23.